The first kappa shape index (κ1) is 29.3. The number of alkyl halides is 3. The van der Waals surface area contributed by atoms with Crippen LogP contribution in [-0.2, 0) is 16.4 Å². The molecule has 0 radical (unpaired) electrons. The molecule has 1 aromatic carbocycles. The molecular weight excluding hydrogens is 526 g/mol. The molecule has 0 aliphatic carbocycles. The second-order valence-corrected chi connectivity index (χ2v) is 9.89. The van der Waals surface area contributed by atoms with Gasteiger partial charge in [0.05, 0.1) is 34.5 Å². The number of benzene rings is 1. The lowest BCUT2D eigenvalue weighted by molar-refractivity contribution is -0.137. The molecule has 1 unspecified atom stereocenters. The number of pyridine rings is 2. The van der Waals surface area contributed by atoms with Crippen molar-refractivity contribution in [2.75, 3.05) is 38.2 Å². The second-order valence-electron chi connectivity index (χ2n) is 9.89. The third-order valence-corrected chi connectivity index (χ3v) is 7.20. The molecule has 1 aliphatic heterocycles. The number of carbonyl (C=O) groups excluding carboxylic acids is 1. The first-order valence-corrected chi connectivity index (χ1v) is 13.2. The molecule has 4 rings (SSSR count). The highest BCUT2D eigenvalue weighted by Crippen LogP contribution is 2.40. The molecule has 3 aromatic rings. The Morgan fingerprint density at radius 1 is 1.15 bits per heavy atom. The van der Waals surface area contributed by atoms with Gasteiger partial charge in [0.2, 0.25) is 11.8 Å². The van der Waals surface area contributed by atoms with Crippen molar-refractivity contribution in [2.24, 2.45) is 0 Å². The van der Waals surface area contributed by atoms with Gasteiger partial charge in [0.25, 0.3) is 0 Å². The van der Waals surface area contributed by atoms with Gasteiger partial charge in [-0.1, -0.05) is 6.07 Å². The molecule has 1 fully saturated rings. The fourth-order valence-corrected chi connectivity index (χ4v) is 5.11. The molecule has 0 spiro atoms. The van der Waals surface area contributed by atoms with Crippen LogP contribution in [0.3, 0.4) is 0 Å². The highest BCUT2D eigenvalue weighted by molar-refractivity contribution is 5.89. The highest BCUT2D eigenvalue weighted by atomic mass is 19.4. The number of nitrogens with zero attached hydrogens (tertiary/aromatic N) is 3. The van der Waals surface area contributed by atoms with E-state index in [4.69, 9.17) is 4.74 Å². The number of rotatable bonds is 9. The van der Waals surface area contributed by atoms with Crippen LogP contribution in [0.2, 0.25) is 0 Å². The van der Waals surface area contributed by atoms with Gasteiger partial charge in [-0.05, 0) is 75.7 Å². The molecule has 1 amide bonds. The maximum Gasteiger partial charge on any atom is 0.416 e. The molecule has 2 N–H and O–H groups in total. The third kappa shape index (κ3) is 6.19. The van der Waals surface area contributed by atoms with Gasteiger partial charge in [0.15, 0.2) is 0 Å². The Labute approximate surface area is 231 Å². The van der Waals surface area contributed by atoms with Crippen molar-refractivity contribution in [3.05, 3.63) is 71.8 Å². The van der Waals surface area contributed by atoms with E-state index in [2.05, 4.69) is 20.6 Å². The molecule has 11 heteroatoms. The average molecular weight is 560 g/mol. The van der Waals surface area contributed by atoms with E-state index in [-0.39, 0.29) is 30.7 Å². The molecule has 7 nitrogen and oxygen atoms in total. The lowest BCUT2D eigenvalue weighted by atomic mass is 9.72. The maximum atomic E-state index is 14.7. The largest absolute Gasteiger partial charge is 0.477 e. The zero-order valence-corrected chi connectivity index (χ0v) is 22.7. The van der Waals surface area contributed by atoms with Gasteiger partial charge >= 0.3 is 6.18 Å². The summed E-state index contributed by atoms with van der Waals surface area (Å²) < 4.78 is 59.5. The number of hydrogen-bond donors (Lipinski definition) is 2. The van der Waals surface area contributed by atoms with E-state index < -0.39 is 23.0 Å². The van der Waals surface area contributed by atoms with Crippen LogP contribution in [-0.4, -0.2) is 55.2 Å². The quantitative estimate of drug-likeness (QED) is 0.361. The number of piperidine rings is 1. The molecule has 0 saturated carbocycles. The summed E-state index contributed by atoms with van der Waals surface area (Å²) in [5.41, 5.74) is 0.168. The van der Waals surface area contributed by atoms with E-state index in [1.54, 1.807) is 30.4 Å². The van der Waals surface area contributed by atoms with Crippen LogP contribution < -0.4 is 20.3 Å². The van der Waals surface area contributed by atoms with Crippen molar-refractivity contribution in [3.8, 4) is 17.1 Å². The Hall–Kier alpha value is -3.73. The smallest absolute Gasteiger partial charge is 0.416 e. The number of hydrogen-bond acceptors (Lipinski definition) is 6. The number of ether oxygens (including phenoxy) is 1. The number of halogens is 4. The van der Waals surface area contributed by atoms with Gasteiger partial charge in [0, 0.05) is 38.1 Å². The third-order valence-electron chi connectivity index (χ3n) is 7.20. The predicted octanol–water partition coefficient (Wildman–Crippen LogP) is 4.96. The van der Waals surface area contributed by atoms with Crippen LogP contribution in [0.5, 0.6) is 5.88 Å². The molecule has 1 saturated heterocycles. The lowest BCUT2D eigenvalue weighted by Gasteiger charge is -2.42. The van der Waals surface area contributed by atoms with Gasteiger partial charge in [-0.15, -0.1) is 0 Å². The zero-order valence-electron chi connectivity index (χ0n) is 22.7. The van der Waals surface area contributed by atoms with E-state index in [0.29, 0.717) is 49.2 Å². The van der Waals surface area contributed by atoms with Crippen molar-refractivity contribution in [3.63, 3.8) is 0 Å². The summed E-state index contributed by atoms with van der Waals surface area (Å²) in [5.74, 6) is -0.652. The zero-order chi connectivity index (χ0) is 28.9. The van der Waals surface area contributed by atoms with E-state index in [1.807, 2.05) is 32.0 Å². The van der Waals surface area contributed by atoms with Gasteiger partial charge in [0.1, 0.15) is 5.82 Å². The summed E-state index contributed by atoms with van der Waals surface area (Å²) in [7, 11) is 1.80. The van der Waals surface area contributed by atoms with E-state index in [1.165, 1.54) is 0 Å². The average Bonchev–Trinajstić information content (AvgIpc) is 2.93. The fourth-order valence-electron chi connectivity index (χ4n) is 5.11. The molecule has 2 aromatic heterocycles. The van der Waals surface area contributed by atoms with Gasteiger partial charge < -0.3 is 20.3 Å². The molecular formula is C29H33F4N5O2. The topological polar surface area (TPSA) is 79.4 Å². The first-order valence-electron chi connectivity index (χ1n) is 13.2. The Kier molecular flexibility index (Phi) is 8.92. The number of aromatic nitrogens is 2. The Balaban J connectivity index is 1.62. The first-order chi connectivity index (χ1) is 19.1. The van der Waals surface area contributed by atoms with E-state index in [9.17, 15) is 22.4 Å². The summed E-state index contributed by atoms with van der Waals surface area (Å²) in [6.45, 7) is 5.34. The number of amides is 1. The van der Waals surface area contributed by atoms with Crippen LogP contribution in [0.1, 0.15) is 37.8 Å². The number of carbonyl (C=O) groups is 1. The SMILES string of the molecule is CCOc1ncccc1-c1ccc(C2(C(=O)NC(C)CNC)CCN(c3ccc(C(F)(F)F)cc3F)CC2)cn1. The minimum Gasteiger partial charge on any atom is -0.477 e. The summed E-state index contributed by atoms with van der Waals surface area (Å²) in [6, 6.07) is 9.74. The van der Waals surface area contributed by atoms with Gasteiger partial charge in [-0.25, -0.2) is 9.37 Å². The van der Waals surface area contributed by atoms with Crippen molar-refractivity contribution < 1.29 is 27.1 Å². The molecule has 3 heterocycles. The molecule has 1 aliphatic rings. The molecule has 0 bridgehead atoms. The molecule has 214 valence electrons. The predicted molar refractivity (Wildman–Crippen MR) is 145 cm³/mol. The van der Waals surface area contributed by atoms with Gasteiger partial charge in [-0.3, -0.25) is 9.78 Å². The fraction of sp³-hybridized carbons (Fsp3) is 0.414. The van der Waals surface area contributed by atoms with Crippen molar-refractivity contribution in [1.82, 2.24) is 20.6 Å². The monoisotopic (exact) mass is 559 g/mol. The van der Waals surface area contributed by atoms with Crippen molar-refractivity contribution in [1.29, 1.82) is 0 Å². The van der Waals surface area contributed by atoms with Crippen LogP contribution >= 0.6 is 0 Å². The van der Waals surface area contributed by atoms with E-state index >= 15 is 0 Å². The van der Waals surface area contributed by atoms with E-state index in [0.717, 1.165) is 17.7 Å². The summed E-state index contributed by atoms with van der Waals surface area (Å²) in [6.07, 6.45) is -0.666. The standard InChI is InChI=1S/C29H33F4N5O2/c1-4-40-26-22(6-5-13-35-26)24-9-7-21(18-36-24)28(27(39)37-19(2)17-34-3)11-14-38(15-12-28)25-10-8-20(16-23(25)30)29(31,32)33/h5-10,13,16,18-19,34H,4,11-12,14-15,17H2,1-3H3,(H,37,39). The summed E-state index contributed by atoms with van der Waals surface area (Å²) in [4.78, 5) is 24.4. The highest BCUT2D eigenvalue weighted by Gasteiger charge is 2.44. The van der Waals surface area contributed by atoms with Crippen LogP contribution in [0, 0.1) is 5.82 Å². The van der Waals surface area contributed by atoms with Crippen LogP contribution in [0.4, 0.5) is 23.2 Å². The van der Waals surface area contributed by atoms with Crippen LogP contribution in [0.15, 0.2) is 54.9 Å². The summed E-state index contributed by atoms with van der Waals surface area (Å²) >= 11 is 0. The normalized spacial score (nSPS) is 15.9. The Morgan fingerprint density at radius 3 is 2.50 bits per heavy atom. The Morgan fingerprint density at radius 2 is 1.90 bits per heavy atom. The summed E-state index contributed by atoms with van der Waals surface area (Å²) in [5, 5.41) is 6.12. The molecule has 1 atom stereocenters. The lowest BCUT2D eigenvalue weighted by Crippen LogP contribution is -2.54. The minimum absolute atomic E-state index is 0.0825. The number of likely N-dealkylation sites (N-methyl/N-ethyl adjacent to an activating group) is 1. The van der Waals surface area contributed by atoms with Crippen LogP contribution in [0.25, 0.3) is 11.3 Å². The maximum absolute atomic E-state index is 14.7. The number of anilines is 1. The Bertz CT molecular complexity index is 1310. The van der Waals surface area contributed by atoms with Gasteiger partial charge in [-0.2, -0.15) is 13.2 Å². The number of nitrogens with one attached hydrogen (secondary N) is 2. The second kappa shape index (κ2) is 12.2. The minimum atomic E-state index is -4.63. The van der Waals surface area contributed by atoms with Crippen molar-refractivity contribution in [2.45, 2.75) is 44.3 Å². The van der Waals surface area contributed by atoms with Crippen molar-refractivity contribution >= 4 is 11.6 Å². The molecule has 40 heavy (non-hydrogen) atoms.